The summed E-state index contributed by atoms with van der Waals surface area (Å²) in [5.74, 6) is 1.59. The highest BCUT2D eigenvalue weighted by molar-refractivity contribution is 7.17. The normalized spacial score (nSPS) is 10.9. The molecule has 0 amide bonds. The number of aromatic nitrogens is 3. The Bertz CT molecular complexity index is 748. The molecular formula is C14H14N4S. The first-order valence-electron chi connectivity index (χ1n) is 6.05. The number of fused-ring (bicyclic) bond motifs is 1. The molecule has 3 heterocycles. The Morgan fingerprint density at radius 3 is 2.84 bits per heavy atom. The average molecular weight is 270 g/mol. The third-order valence-corrected chi connectivity index (χ3v) is 4.04. The van der Waals surface area contributed by atoms with E-state index in [1.54, 1.807) is 11.3 Å². The van der Waals surface area contributed by atoms with Gasteiger partial charge in [0.1, 0.15) is 5.82 Å². The third kappa shape index (κ3) is 2.06. The molecule has 0 saturated carbocycles. The molecule has 0 saturated heterocycles. The highest BCUT2D eigenvalue weighted by Crippen LogP contribution is 2.26. The SMILES string of the molecule is CNc1nc(-c2cnc3ccsc3c2)nc(C)c1C. The highest BCUT2D eigenvalue weighted by atomic mass is 32.1. The summed E-state index contributed by atoms with van der Waals surface area (Å²) < 4.78 is 1.16. The molecule has 0 aliphatic rings. The summed E-state index contributed by atoms with van der Waals surface area (Å²) in [7, 11) is 1.87. The van der Waals surface area contributed by atoms with Gasteiger partial charge in [-0.3, -0.25) is 4.98 Å². The summed E-state index contributed by atoms with van der Waals surface area (Å²) in [5.41, 5.74) is 4.04. The van der Waals surface area contributed by atoms with Gasteiger partial charge >= 0.3 is 0 Å². The smallest absolute Gasteiger partial charge is 0.163 e. The van der Waals surface area contributed by atoms with Crippen molar-refractivity contribution in [3.8, 4) is 11.4 Å². The predicted octanol–water partition coefficient (Wildman–Crippen LogP) is 3.41. The molecule has 0 spiro atoms. The molecule has 0 unspecified atom stereocenters. The van der Waals surface area contributed by atoms with Gasteiger partial charge in [0.25, 0.3) is 0 Å². The van der Waals surface area contributed by atoms with E-state index in [9.17, 15) is 0 Å². The zero-order valence-corrected chi connectivity index (χ0v) is 11.9. The Kier molecular flexibility index (Phi) is 2.91. The van der Waals surface area contributed by atoms with Crippen molar-refractivity contribution in [3.63, 3.8) is 0 Å². The van der Waals surface area contributed by atoms with Crippen LogP contribution in [0.15, 0.2) is 23.7 Å². The zero-order chi connectivity index (χ0) is 13.4. The van der Waals surface area contributed by atoms with E-state index in [0.717, 1.165) is 38.7 Å². The molecule has 3 aromatic rings. The number of thiophene rings is 1. The Balaban J connectivity index is 2.17. The fourth-order valence-electron chi connectivity index (χ4n) is 1.97. The average Bonchev–Trinajstić information content (AvgIpc) is 2.89. The minimum Gasteiger partial charge on any atom is -0.373 e. The van der Waals surface area contributed by atoms with Gasteiger partial charge < -0.3 is 5.32 Å². The second kappa shape index (κ2) is 4.59. The van der Waals surface area contributed by atoms with Gasteiger partial charge in [-0.2, -0.15) is 0 Å². The van der Waals surface area contributed by atoms with Gasteiger partial charge in [-0.1, -0.05) is 0 Å². The standard InChI is InChI=1S/C14H14N4S/c1-8-9(2)17-14(18-13(8)15-3)10-6-12-11(16-7-10)4-5-19-12/h4-7H,1-3H3,(H,15,17,18). The van der Waals surface area contributed by atoms with Crippen LogP contribution in [0.1, 0.15) is 11.3 Å². The van der Waals surface area contributed by atoms with E-state index in [0.29, 0.717) is 0 Å². The molecule has 0 fully saturated rings. The van der Waals surface area contributed by atoms with Gasteiger partial charge in [0, 0.05) is 30.1 Å². The Morgan fingerprint density at radius 2 is 2.05 bits per heavy atom. The van der Waals surface area contributed by atoms with E-state index in [-0.39, 0.29) is 0 Å². The van der Waals surface area contributed by atoms with Crippen molar-refractivity contribution >= 4 is 27.4 Å². The quantitative estimate of drug-likeness (QED) is 0.775. The Hall–Kier alpha value is -2.01. The van der Waals surface area contributed by atoms with Crippen LogP contribution < -0.4 is 5.32 Å². The molecule has 1 N–H and O–H groups in total. The minimum absolute atomic E-state index is 0.718. The van der Waals surface area contributed by atoms with Crippen molar-refractivity contribution in [3.05, 3.63) is 35.0 Å². The molecule has 0 bridgehead atoms. The van der Waals surface area contributed by atoms with E-state index in [1.165, 1.54) is 0 Å². The monoisotopic (exact) mass is 270 g/mol. The van der Waals surface area contributed by atoms with E-state index in [2.05, 4.69) is 26.3 Å². The first kappa shape index (κ1) is 12.0. The Labute approximate surface area is 115 Å². The van der Waals surface area contributed by atoms with Crippen LogP contribution >= 0.6 is 11.3 Å². The second-order valence-electron chi connectivity index (χ2n) is 4.38. The predicted molar refractivity (Wildman–Crippen MR) is 79.7 cm³/mol. The van der Waals surface area contributed by atoms with Gasteiger partial charge in [0.2, 0.25) is 0 Å². The molecule has 0 aliphatic heterocycles. The molecule has 5 heteroatoms. The van der Waals surface area contributed by atoms with Crippen molar-refractivity contribution in [1.82, 2.24) is 15.0 Å². The van der Waals surface area contributed by atoms with Crippen molar-refractivity contribution in [2.45, 2.75) is 13.8 Å². The van der Waals surface area contributed by atoms with E-state index >= 15 is 0 Å². The molecule has 3 aromatic heterocycles. The molecule has 0 aliphatic carbocycles. The molecule has 0 atom stereocenters. The largest absolute Gasteiger partial charge is 0.373 e. The maximum absolute atomic E-state index is 4.56. The third-order valence-electron chi connectivity index (χ3n) is 3.19. The number of pyridine rings is 1. The van der Waals surface area contributed by atoms with Crippen molar-refractivity contribution < 1.29 is 0 Å². The molecule has 96 valence electrons. The highest BCUT2D eigenvalue weighted by Gasteiger charge is 2.10. The van der Waals surface area contributed by atoms with Crippen molar-refractivity contribution in [2.24, 2.45) is 0 Å². The summed E-state index contributed by atoms with van der Waals surface area (Å²) >= 11 is 1.68. The fraction of sp³-hybridized carbons (Fsp3) is 0.214. The van der Waals surface area contributed by atoms with Gasteiger partial charge in [0.05, 0.1) is 10.2 Å². The summed E-state index contributed by atoms with van der Waals surface area (Å²) in [6.45, 7) is 4.02. The first-order chi connectivity index (χ1) is 9.19. The van der Waals surface area contributed by atoms with E-state index in [1.807, 2.05) is 38.5 Å². The molecule has 0 radical (unpaired) electrons. The Morgan fingerprint density at radius 1 is 1.21 bits per heavy atom. The lowest BCUT2D eigenvalue weighted by molar-refractivity contribution is 1.07. The van der Waals surface area contributed by atoms with Gasteiger partial charge in [-0.15, -0.1) is 11.3 Å². The summed E-state index contributed by atoms with van der Waals surface area (Å²) in [6, 6.07) is 4.11. The van der Waals surface area contributed by atoms with E-state index < -0.39 is 0 Å². The van der Waals surface area contributed by atoms with Gasteiger partial charge in [-0.25, -0.2) is 9.97 Å². The number of aryl methyl sites for hydroxylation is 1. The molecule has 4 nitrogen and oxygen atoms in total. The van der Waals surface area contributed by atoms with Gasteiger partial charge in [0.15, 0.2) is 5.82 Å². The molecule has 0 aromatic carbocycles. The minimum atomic E-state index is 0.718. The first-order valence-corrected chi connectivity index (χ1v) is 6.93. The fourth-order valence-corrected chi connectivity index (χ4v) is 2.75. The molecule has 3 rings (SSSR count). The van der Waals surface area contributed by atoms with Crippen LogP contribution in [0.5, 0.6) is 0 Å². The lowest BCUT2D eigenvalue weighted by atomic mass is 10.2. The van der Waals surface area contributed by atoms with Crippen LogP contribution in [0.2, 0.25) is 0 Å². The number of hydrogen-bond acceptors (Lipinski definition) is 5. The number of hydrogen-bond donors (Lipinski definition) is 1. The zero-order valence-electron chi connectivity index (χ0n) is 11.1. The summed E-state index contributed by atoms with van der Waals surface area (Å²) in [4.78, 5) is 13.5. The maximum atomic E-state index is 4.56. The number of rotatable bonds is 2. The number of nitrogens with zero attached hydrogens (tertiary/aromatic N) is 3. The molecular weight excluding hydrogens is 256 g/mol. The number of nitrogens with one attached hydrogen (secondary N) is 1. The van der Waals surface area contributed by atoms with Crippen LogP contribution in [-0.2, 0) is 0 Å². The maximum Gasteiger partial charge on any atom is 0.163 e. The van der Waals surface area contributed by atoms with Crippen LogP contribution in [0.3, 0.4) is 0 Å². The lowest BCUT2D eigenvalue weighted by Gasteiger charge is -2.09. The van der Waals surface area contributed by atoms with E-state index in [4.69, 9.17) is 0 Å². The van der Waals surface area contributed by atoms with Crippen molar-refractivity contribution in [1.29, 1.82) is 0 Å². The molecule has 19 heavy (non-hydrogen) atoms. The van der Waals surface area contributed by atoms with Gasteiger partial charge in [-0.05, 0) is 31.4 Å². The van der Waals surface area contributed by atoms with Crippen LogP contribution in [-0.4, -0.2) is 22.0 Å². The summed E-state index contributed by atoms with van der Waals surface area (Å²) in [5, 5.41) is 5.15. The topological polar surface area (TPSA) is 50.7 Å². The lowest BCUT2D eigenvalue weighted by Crippen LogP contribution is -2.02. The van der Waals surface area contributed by atoms with Crippen LogP contribution in [0.4, 0.5) is 5.82 Å². The van der Waals surface area contributed by atoms with Crippen molar-refractivity contribution in [2.75, 3.05) is 12.4 Å². The van der Waals surface area contributed by atoms with Crippen LogP contribution in [0, 0.1) is 13.8 Å². The van der Waals surface area contributed by atoms with Crippen LogP contribution in [0.25, 0.3) is 21.6 Å². The summed E-state index contributed by atoms with van der Waals surface area (Å²) in [6.07, 6.45) is 1.83. The number of anilines is 1. The second-order valence-corrected chi connectivity index (χ2v) is 5.33.